The first-order valence-electron chi connectivity index (χ1n) is 6.14. The molecule has 5 heteroatoms. The summed E-state index contributed by atoms with van der Waals surface area (Å²) in [4.78, 5) is 7.80. The van der Waals surface area contributed by atoms with E-state index in [2.05, 4.69) is 51.1 Å². The number of halogens is 1. The molecule has 0 fully saturated rings. The predicted octanol–water partition coefficient (Wildman–Crippen LogP) is 3.87. The minimum Gasteiger partial charge on any atom is -0.368 e. The van der Waals surface area contributed by atoms with E-state index >= 15 is 0 Å². The number of anilines is 1. The summed E-state index contributed by atoms with van der Waals surface area (Å²) in [6, 6.07) is 6.34. The van der Waals surface area contributed by atoms with Gasteiger partial charge in [-0.1, -0.05) is 6.07 Å². The summed E-state index contributed by atoms with van der Waals surface area (Å²) < 4.78 is 1.08. The van der Waals surface area contributed by atoms with Crippen molar-refractivity contribution in [3.8, 4) is 0 Å². The molecule has 0 unspecified atom stereocenters. The maximum atomic E-state index is 5.90. The smallest absolute Gasteiger partial charge is 0.0798 e. The van der Waals surface area contributed by atoms with Gasteiger partial charge in [-0.3, -0.25) is 0 Å². The van der Waals surface area contributed by atoms with E-state index in [-0.39, 0.29) is 6.04 Å². The molecule has 3 nitrogen and oxygen atoms in total. The van der Waals surface area contributed by atoms with Gasteiger partial charge >= 0.3 is 0 Å². The molecule has 2 N–H and O–H groups in total. The third-order valence-electron chi connectivity index (χ3n) is 3.13. The Morgan fingerprint density at radius 3 is 2.74 bits per heavy atom. The fraction of sp³-hybridized carbons (Fsp3) is 0.357. The first-order valence-corrected chi connectivity index (χ1v) is 7.81. The van der Waals surface area contributed by atoms with Crippen molar-refractivity contribution in [1.29, 1.82) is 0 Å². The number of aryl methyl sites for hydroxylation is 1. The van der Waals surface area contributed by atoms with Crippen LogP contribution in [0.3, 0.4) is 0 Å². The van der Waals surface area contributed by atoms with Gasteiger partial charge in [0.2, 0.25) is 0 Å². The molecule has 19 heavy (non-hydrogen) atoms. The lowest BCUT2D eigenvalue weighted by Gasteiger charge is -2.21. The average Bonchev–Trinajstić information content (AvgIpc) is 2.74. The lowest BCUT2D eigenvalue weighted by atomic mass is 10.1. The SMILES string of the molecule is Cc1ncsc1CN(C)c1ccc([C@H](C)N)cc1Br. The molecular weight excluding hydrogens is 322 g/mol. The summed E-state index contributed by atoms with van der Waals surface area (Å²) in [7, 11) is 2.09. The van der Waals surface area contributed by atoms with Gasteiger partial charge in [-0.2, -0.15) is 0 Å². The number of hydrogen-bond donors (Lipinski definition) is 1. The lowest BCUT2D eigenvalue weighted by molar-refractivity contribution is 0.816. The Morgan fingerprint density at radius 2 is 2.21 bits per heavy atom. The van der Waals surface area contributed by atoms with Gasteiger partial charge in [0.25, 0.3) is 0 Å². The van der Waals surface area contributed by atoms with Crippen molar-refractivity contribution in [2.75, 3.05) is 11.9 Å². The lowest BCUT2D eigenvalue weighted by Crippen LogP contribution is -2.17. The second kappa shape index (κ2) is 6.03. The zero-order chi connectivity index (χ0) is 14.0. The van der Waals surface area contributed by atoms with Crippen molar-refractivity contribution in [2.24, 2.45) is 5.73 Å². The Hall–Kier alpha value is -0.910. The summed E-state index contributed by atoms with van der Waals surface area (Å²) in [6.07, 6.45) is 0. The van der Waals surface area contributed by atoms with E-state index in [9.17, 15) is 0 Å². The average molecular weight is 340 g/mol. The highest BCUT2D eigenvalue weighted by Crippen LogP contribution is 2.30. The molecule has 0 saturated heterocycles. The summed E-state index contributed by atoms with van der Waals surface area (Å²) in [5, 5.41) is 0. The summed E-state index contributed by atoms with van der Waals surface area (Å²) in [5.74, 6) is 0. The van der Waals surface area contributed by atoms with Gasteiger partial charge in [-0.15, -0.1) is 11.3 Å². The molecule has 0 aliphatic carbocycles. The largest absolute Gasteiger partial charge is 0.368 e. The molecule has 0 amide bonds. The fourth-order valence-corrected chi connectivity index (χ4v) is 3.42. The van der Waals surface area contributed by atoms with Crippen molar-refractivity contribution in [2.45, 2.75) is 26.4 Å². The van der Waals surface area contributed by atoms with E-state index in [4.69, 9.17) is 5.73 Å². The Morgan fingerprint density at radius 1 is 1.47 bits per heavy atom. The molecule has 0 spiro atoms. The number of nitrogens with two attached hydrogens (primary N) is 1. The van der Waals surface area contributed by atoms with Gasteiger partial charge in [0, 0.05) is 22.4 Å². The number of thiazole rings is 1. The third-order valence-corrected chi connectivity index (χ3v) is 4.69. The van der Waals surface area contributed by atoms with Gasteiger partial charge in [0.15, 0.2) is 0 Å². The van der Waals surface area contributed by atoms with Gasteiger partial charge in [0.05, 0.1) is 23.4 Å². The standard InChI is InChI=1S/C14H18BrN3S/c1-9(16)11-4-5-13(12(15)6-11)18(3)7-14-10(2)17-8-19-14/h4-6,8-9H,7,16H2,1-3H3/t9-/m0/s1. The van der Waals surface area contributed by atoms with Crippen LogP contribution in [0.5, 0.6) is 0 Å². The van der Waals surface area contributed by atoms with Gasteiger partial charge in [0.1, 0.15) is 0 Å². The Labute approximate surface area is 126 Å². The van der Waals surface area contributed by atoms with Crippen molar-refractivity contribution in [1.82, 2.24) is 4.98 Å². The maximum Gasteiger partial charge on any atom is 0.0798 e. The van der Waals surface area contributed by atoms with Crippen LogP contribution in [0, 0.1) is 6.92 Å². The highest BCUT2D eigenvalue weighted by Gasteiger charge is 2.11. The second-order valence-electron chi connectivity index (χ2n) is 4.72. The Kier molecular flexibility index (Phi) is 4.60. The zero-order valence-corrected chi connectivity index (χ0v) is 13.8. The summed E-state index contributed by atoms with van der Waals surface area (Å²) in [5.41, 5.74) is 11.2. The number of hydrogen-bond acceptors (Lipinski definition) is 4. The van der Waals surface area contributed by atoms with Crippen LogP contribution in [0.4, 0.5) is 5.69 Å². The van der Waals surface area contributed by atoms with Crippen LogP contribution in [0.15, 0.2) is 28.2 Å². The van der Waals surface area contributed by atoms with Crippen LogP contribution < -0.4 is 10.6 Å². The van der Waals surface area contributed by atoms with Crippen LogP contribution >= 0.6 is 27.3 Å². The van der Waals surface area contributed by atoms with E-state index in [0.717, 1.165) is 28.0 Å². The van der Waals surface area contributed by atoms with E-state index in [1.165, 1.54) is 4.88 Å². The van der Waals surface area contributed by atoms with E-state index in [1.54, 1.807) is 11.3 Å². The minimum atomic E-state index is 0.0550. The third kappa shape index (κ3) is 3.35. The molecule has 0 saturated carbocycles. The van der Waals surface area contributed by atoms with Crippen LogP contribution in [0.2, 0.25) is 0 Å². The molecule has 2 rings (SSSR count). The molecule has 1 heterocycles. The normalized spacial score (nSPS) is 12.5. The minimum absolute atomic E-state index is 0.0550. The van der Waals surface area contributed by atoms with Crippen molar-refractivity contribution in [3.05, 3.63) is 44.3 Å². The highest BCUT2D eigenvalue weighted by atomic mass is 79.9. The number of aromatic nitrogens is 1. The molecule has 2 aromatic rings. The quantitative estimate of drug-likeness (QED) is 0.919. The van der Waals surface area contributed by atoms with Gasteiger partial charge in [-0.05, 0) is 47.5 Å². The van der Waals surface area contributed by atoms with E-state index in [1.807, 2.05) is 19.4 Å². The van der Waals surface area contributed by atoms with E-state index < -0.39 is 0 Å². The molecule has 0 aliphatic rings. The molecule has 1 aromatic carbocycles. The highest BCUT2D eigenvalue weighted by molar-refractivity contribution is 9.10. The zero-order valence-electron chi connectivity index (χ0n) is 11.4. The topological polar surface area (TPSA) is 42.2 Å². The molecule has 1 atom stereocenters. The Bertz CT molecular complexity index is 566. The van der Waals surface area contributed by atoms with Crippen LogP contribution in [0.25, 0.3) is 0 Å². The maximum absolute atomic E-state index is 5.90. The predicted molar refractivity (Wildman–Crippen MR) is 85.7 cm³/mol. The van der Waals surface area contributed by atoms with Crippen LogP contribution in [0.1, 0.15) is 29.1 Å². The molecule has 0 radical (unpaired) electrons. The number of nitrogens with zero attached hydrogens (tertiary/aromatic N) is 2. The first kappa shape index (κ1) is 14.5. The van der Waals surface area contributed by atoms with Crippen molar-refractivity contribution in [3.63, 3.8) is 0 Å². The number of benzene rings is 1. The summed E-state index contributed by atoms with van der Waals surface area (Å²) >= 11 is 5.33. The monoisotopic (exact) mass is 339 g/mol. The number of rotatable bonds is 4. The molecule has 0 bridgehead atoms. The first-order chi connectivity index (χ1) is 8.99. The van der Waals surface area contributed by atoms with Gasteiger partial charge < -0.3 is 10.6 Å². The molecule has 1 aromatic heterocycles. The van der Waals surface area contributed by atoms with E-state index in [0.29, 0.717) is 0 Å². The summed E-state index contributed by atoms with van der Waals surface area (Å²) in [6.45, 7) is 4.91. The molecule has 0 aliphatic heterocycles. The molecular formula is C14H18BrN3S. The van der Waals surface area contributed by atoms with Crippen LogP contribution in [-0.2, 0) is 6.54 Å². The fourth-order valence-electron chi connectivity index (χ4n) is 1.89. The van der Waals surface area contributed by atoms with Crippen molar-refractivity contribution < 1.29 is 0 Å². The van der Waals surface area contributed by atoms with Gasteiger partial charge in [-0.25, -0.2) is 4.98 Å². The Balaban J connectivity index is 2.20. The second-order valence-corrected chi connectivity index (χ2v) is 6.51. The van der Waals surface area contributed by atoms with Crippen molar-refractivity contribution >= 4 is 33.0 Å². The molecule has 102 valence electrons. The van der Waals surface area contributed by atoms with Crippen LogP contribution in [-0.4, -0.2) is 12.0 Å².